The van der Waals surface area contributed by atoms with Gasteiger partial charge in [-0.2, -0.15) is 0 Å². The lowest BCUT2D eigenvalue weighted by Crippen LogP contribution is -2.46. The van der Waals surface area contributed by atoms with Crippen LogP contribution in [0.3, 0.4) is 0 Å². The maximum Gasteiger partial charge on any atom is 0.289 e. The molecule has 0 N–H and O–H groups in total. The number of hydrogen-bond acceptors (Lipinski definition) is 2. The number of nitrogens with zero attached hydrogens (tertiary/aromatic N) is 1. The molecule has 0 saturated carbocycles. The van der Waals surface area contributed by atoms with Crippen molar-refractivity contribution in [3.63, 3.8) is 0 Å². The fourth-order valence-corrected chi connectivity index (χ4v) is 2.88. The van der Waals surface area contributed by atoms with Crippen LogP contribution in [-0.4, -0.2) is 23.9 Å². The van der Waals surface area contributed by atoms with Gasteiger partial charge < -0.3 is 9.64 Å². The highest BCUT2D eigenvalue weighted by Gasteiger charge is 2.37. The molecule has 3 heteroatoms. The predicted octanol–water partition coefficient (Wildman–Crippen LogP) is 4.04. The first-order valence-electron chi connectivity index (χ1n) is 7.84. The van der Waals surface area contributed by atoms with Gasteiger partial charge in [0.1, 0.15) is 6.10 Å². The first-order chi connectivity index (χ1) is 11.1. The van der Waals surface area contributed by atoms with Crippen molar-refractivity contribution in [2.75, 3.05) is 7.05 Å². The van der Waals surface area contributed by atoms with Crippen molar-refractivity contribution < 1.29 is 9.53 Å². The number of likely N-dealkylation sites (N-methyl/N-ethyl adjacent to an activating group) is 1. The van der Waals surface area contributed by atoms with Gasteiger partial charge in [0.15, 0.2) is 5.76 Å². The maximum atomic E-state index is 12.7. The summed E-state index contributed by atoms with van der Waals surface area (Å²) in [6.07, 6.45) is -0.160. The molecule has 23 heavy (non-hydrogen) atoms. The molecule has 1 fully saturated rings. The molecular formula is C20H21NO2. The molecule has 3 rings (SSSR count). The van der Waals surface area contributed by atoms with E-state index >= 15 is 0 Å². The second-order valence-electron chi connectivity index (χ2n) is 5.93. The fourth-order valence-electron chi connectivity index (χ4n) is 2.88. The maximum absolute atomic E-state index is 12.7. The molecule has 2 atom stereocenters. The Morgan fingerprint density at radius 2 is 1.57 bits per heavy atom. The van der Waals surface area contributed by atoms with E-state index in [0.717, 1.165) is 16.7 Å². The largest absolute Gasteiger partial charge is 0.477 e. The Balaban J connectivity index is 2.03. The van der Waals surface area contributed by atoms with E-state index in [-0.39, 0.29) is 18.1 Å². The first kappa shape index (κ1) is 15.3. The predicted molar refractivity (Wildman–Crippen MR) is 91.5 cm³/mol. The zero-order valence-electron chi connectivity index (χ0n) is 13.7. The zero-order chi connectivity index (χ0) is 16.4. The summed E-state index contributed by atoms with van der Waals surface area (Å²) in [5.41, 5.74) is 2.96. The highest BCUT2D eigenvalue weighted by molar-refractivity contribution is 5.99. The van der Waals surface area contributed by atoms with Crippen LogP contribution in [0.15, 0.2) is 66.4 Å². The summed E-state index contributed by atoms with van der Waals surface area (Å²) in [7, 11) is 1.84. The molecular weight excluding hydrogens is 286 g/mol. The molecule has 118 valence electrons. The molecule has 2 aromatic carbocycles. The lowest BCUT2D eigenvalue weighted by atomic mass is 9.98. The zero-order valence-corrected chi connectivity index (χ0v) is 13.7. The quantitative estimate of drug-likeness (QED) is 0.784. The molecule has 3 nitrogen and oxygen atoms in total. The Kier molecular flexibility index (Phi) is 4.20. The highest BCUT2D eigenvalue weighted by Crippen LogP contribution is 2.35. The number of benzene rings is 2. The van der Waals surface area contributed by atoms with Gasteiger partial charge in [0, 0.05) is 12.6 Å². The van der Waals surface area contributed by atoms with Crippen molar-refractivity contribution in [1.82, 2.24) is 4.90 Å². The molecule has 2 aromatic rings. The number of ether oxygens (including phenoxy) is 1. The molecule has 1 amide bonds. The van der Waals surface area contributed by atoms with E-state index in [4.69, 9.17) is 4.74 Å². The van der Waals surface area contributed by atoms with Gasteiger partial charge in [-0.05, 0) is 25.0 Å². The Morgan fingerprint density at radius 1 is 1.00 bits per heavy atom. The summed E-state index contributed by atoms with van der Waals surface area (Å²) in [6.45, 7) is 3.96. The lowest BCUT2D eigenvalue weighted by Gasteiger charge is -2.39. The summed E-state index contributed by atoms with van der Waals surface area (Å²) < 4.78 is 6.17. The summed E-state index contributed by atoms with van der Waals surface area (Å²) in [5.74, 6) is 0.372. The summed E-state index contributed by atoms with van der Waals surface area (Å²) in [4.78, 5) is 14.4. The molecule has 0 aromatic heterocycles. The van der Waals surface area contributed by atoms with Crippen LogP contribution in [0.4, 0.5) is 0 Å². The van der Waals surface area contributed by atoms with Gasteiger partial charge in [-0.15, -0.1) is 0 Å². The van der Waals surface area contributed by atoms with E-state index in [9.17, 15) is 4.79 Å². The number of morpholine rings is 1. The van der Waals surface area contributed by atoms with Crippen molar-refractivity contribution >= 4 is 11.5 Å². The topological polar surface area (TPSA) is 29.5 Å². The van der Waals surface area contributed by atoms with Gasteiger partial charge in [-0.25, -0.2) is 0 Å². The first-order valence-corrected chi connectivity index (χ1v) is 7.84. The Morgan fingerprint density at radius 3 is 2.17 bits per heavy atom. The minimum atomic E-state index is -0.160. The molecule has 1 aliphatic heterocycles. The van der Waals surface area contributed by atoms with Crippen molar-refractivity contribution in [3.8, 4) is 0 Å². The Bertz CT molecular complexity index is 722. The summed E-state index contributed by atoms with van der Waals surface area (Å²) in [6, 6.07) is 19.9. The second-order valence-corrected chi connectivity index (χ2v) is 5.93. The monoisotopic (exact) mass is 307 g/mol. The van der Waals surface area contributed by atoms with Crippen LogP contribution in [0.5, 0.6) is 0 Å². The fraction of sp³-hybridized carbons (Fsp3) is 0.250. The summed E-state index contributed by atoms with van der Waals surface area (Å²) in [5, 5.41) is 0. The van der Waals surface area contributed by atoms with Crippen LogP contribution in [-0.2, 0) is 9.53 Å². The average Bonchev–Trinajstić information content (AvgIpc) is 2.61. The number of allylic oxidation sites excluding steroid dienone is 1. The molecule has 0 unspecified atom stereocenters. The van der Waals surface area contributed by atoms with E-state index in [1.165, 1.54) is 0 Å². The van der Waals surface area contributed by atoms with Gasteiger partial charge in [0.05, 0.1) is 6.04 Å². The van der Waals surface area contributed by atoms with E-state index in [1.807, 2.05) is 81.6 Å². The SMILES string of the molecule is C/C(=C1/O[C@H](c2ccccc2)[C@H](C)N(C)C1=O)c1ccccc1. The molecule has 0 bridgehead atoms. The van der Waals surface area contributed by atoms with Crippen molar-refractivity contribution in [1.29, 1.82) is 0 Å². The second kappa shape index (κ2) is 6.29. The van der Waals surface area contributed by atoms with E-state index in [1.54, 1.807) is 4.90 Å². The molecule has 1 heterocycles. The Hall–Kier alpha value is -2.55. The minimum absolute atomic E-state index is 0.0165. The molecule has 0 aliphatic carbocycles. The van der Waals surface area contributed by atoms with Crippen LogP contribution in [0, 0.1) is 0 Å². The van der Waals surface area contributed by atoms with Crippen LogP contribution >= 0.6 is 0 Å². The third-order valence-corrected chi connectivity index (χ3v) is 4.48. The molecule has 1 aliphatic rings. The highest BCUT2D eigenvalue weighted by atomic mass is 16.5. The number of rotatable bonds is 2. The van der Waals surface area contributed by atoms with E-state index < -0.39 is 0 Å². The van der Waals surface area contributed by atoms with E-state index in [0.29, 0.717) is 5.76 Å². The number of amides is 1. The van der Waals surface area contributed by atoms with Crippen molar-refractivity contribution in [3.05, 3.63) is 77.5 Å². The van der Waals surface area contributed by atoms with Gasteiger partial charge in [-0.1, -0.05) is 60.7 Å². The lowest BCUT2D eigenvalue weighted by molar-refractivity contribution is -0.143. The van der Waals surface area contributed by atoms with Crippen molar-refractivity contribution in [2.45, 2.75) is 26.0 Å². The third kappa shape index (κ3) is 2.87. The normalized spacial score (nSPS) is 23.4. The number of hydrogen-bond donors (Lipinski definition) is 0. The molecule has 1 saturated heterocycles. The van der Waals surface area contributed by atoms with Crippen LogP contribution in [0.2, 0.25) is 0 Å². The number of carbonyl (C=O) groups excluding carboxylic acids is 1. The average molecular weight is 307 g/mol. The van der Waals surface area contributed by atoms with Crippen LogP contribution < -0.4 is 0 Å². The standard InChI is InChI=1S/C20H21NO2/c1-14(16-10-6-4-7-11-16)18-20(22)21(3)15(2)19(23-18)17-12-8-5-9-13-17/h4-13,15,19H,1-3H3/b18-14-/t15-,19-/m0/s1. The van der Waals surface area contributed by atoms with Gasteiger partial charge in [-0.3, -0.25) is 4.79 Å². The smallest absolute Gasteiger partial charge is 0.289 e. The van der Waals surface area contributed by atoms with Gasteiger partial charge in [0.25, 0.3) is 5.91 Å². The summed E-state index contributed by atoms with van der Waals surface area (Å²) >= 11 is 0. The van der Waals surface area contributed by atoms with Crippen LogP contribution in [0.25, 0.3) is 5.57 Å². The van der Waals surface area contributed by atoms with Crippen molar-refractivity contribution in [2.24, 2.45) is 0 Å². The number of carbonyl (C=O) groups is 1. The van der Waals surface area contributed by atoms with Gasteiger partial charge >= 0.3 is 0 Å². The van der Waals surface area contributed by atoms with Gasteiger partial charge in [0.2, 0.25) is 0 Å². The van der Waals surface area contributed by atoms with Crippen LogP contribution in [0.1, 0.15) is 31.1 Å². The third-order valence-electron chi connectivity index (χ3n) is 4.48. The molecule has 0 spiro atoms. The van der Waals surface area contributed by atoms with E-state index in [2.05, 4.69) is 0 Å². The minimum Gasteiger partial charge on any atom is -0.477 e. The molecule has 0 radical (unpaired) electrons. The Labute approximate surface area is 137 Å².